The highest BCUT2D eigenvalue weighted by Gasteiger charge is 2.46. The summed E-state index contributed by atoms with van der Waals surface area (Å²) in [7, 11) is -4.59. The fourth-order valence-electron chi connectivity index (χ4n) is 6.79. The van der Waals surface area contributed by atoms with Gasteiger partial charge in [0.15, 0.2) is 12.4 Å². The molecule has 13 heteroatoms. The predicted molar refractivity (Wildman–Crippen MR) is 211 cm³/mol. The minimum absolute atomic E-state index is 0.171. The summed E-state index contributed by atoms with van der Waals surface area (Å²) in [6.45, 7) is 3.75. The van der Waals surface area contributed by atoms with Crippen molar-refractivity contribution in [1.29, 1.82) is 0 Å². The van der Waals surface area contributed by atoms with Gasteiger partial charge in [0.1, 0.15) is 36.8 Å². The summed E-state index contributed by atoms with van der Waals surface area (Å²) >= 11 is 0. The minimum atomic E-state index is -4.59. The van der Waals surface area contributed by atoms with Crippen molar-refractivity contribution in [2.75, 3.05) is 19.0 Å². The zero-order valence-corrected chi connectivity index (χ0v) is 34.7. The van der Waals surface area contributed by atoms with E-state index in [1.54, 1.807) is 0 Å². The van der Waals surface area contributed by atoms with Gasteiger partial charge in [-0.25, -0.2) is 0 Å². The molecule has 1 aliphatic heterocycles. The molecule has 1 saturated heterocycles. The van der Waals surface area contributed by atoms with Gasteiger partial charge in [0, 0.05) is 12.8 Å². The van der Waals surface area contributed by atoms with E-state index in [9.17, 15) is 37.9 Å². The van der Waals surface area contributed by atoms with Crippen molar-refractivity contribution >= 4 is 22.1 Å². The Morgan fingerprint density at radius 3 is 1.35 bits per heavy atom. The maximum Gasteiger partial charge on any atom is 0.306 e. The highest BCUT2D eigenvalue weighted by molar-refractivity contribution is 7.85. The number of aliphatic hydroxyl groups excluding tert-OH is 3. The molecule has 0 aromatic rings. The molecule has 1 aliphatic rings. The van der Waals surface area contributed by atoms with Crippen LogP contribution in [0.4, 0.5) is 0 Å². The number of carbonyl (C=O) groups excluding carboxylic acids is 2. The summed E-state index contributed by atoms with van der Waals surface area (Å²) in [6.07, 6.45) is 21.5. The summed E-state index contributed by atoms with van der Waals surface area (Å²) in [5.74, 6) is -1.97. The summed E-state index contributed by atoms with van der Waals surface area (Å²) < 4.78 is 53.9. The zero-order chi connectivity index (χ0) is 39.9. The van der Waals surface area contributed by atoms with Gasteiger partial charge in [0.05, 0.1) is 6.61 Å². The number of esters is 2. The van der Waals surface area contributed by atoms with Crippen molar-refractivity contribution in [3.05, 3.63) is 0 Å². The molecule has 1 rings (SSSR count). The average molecular weight is 795 g/mol. The Bertz CT molecular complexity index is 1030. The van der Waals surface area contributed by atoms with Gasteiger partial charge < -0.3 is 34.3 Å². The Balaban J connectivity index is 2.45. The molecule has 320 valence electrons. The number of carbonyl (C=O) groups is 2. The molecule has 1 heterocycles. The van der Waals surface area contributed by atoms with Crippen LogP contribution in [-0.4, -0.2) is 96.0 Å². The van der Waals surface area contributed by atoms with E-state index in [1.165, 1.54) is 116 Å². The summed E-state index contributed by atoms with van der Waals surface area (Å²) in [5.41, 5.74) is 0. The molecule has 6 atom stereocenters. The molecule has 12 nitrogen and oxygen atoms in total. The fourth-order valence-corrected chi connectivity index (χ4v) is 7.49. The van der Waals surface area contributed by atoms with Crippen LogP contribution < -0.4 is 0 Å². The standard InChI is InChI=1S/C41H78O12S/c1-3-5-7-9-11-13-15-16-17-18-20-21-23-25-27-29-36(42)50-31-34(52-37(43)30-28-26-24-22-19-14-12-10-8-6-4-2)32-51-41-40(46)39(45)38(44)35(53-41)33-54(47,48)49/h34-35,38-41,44-46H,3-33H2,1-2H3,(H,47,48,49)/t34-,35-,38-,39+,40-,41+/m1/s1. The third kappa shape index (κ3) is 27.3. The second-order valence-corrected chi connectivity index (χ2v) is 16.9. The van der Waals surface area contributed by atoms with E-state index in [1.807, 2.05) is 0 Å². The maximum atomic E-state index is 12.7. The highest BCUT2D eigenvalue weighted by Crippen LogP contribution is 2.24. The number of unbranched alkanes of at least 4 members (excludes halogenated alkanes) is 24. The molecule has 0 unspecified atom stereocenters. The summed E-state index contributed by atoms with van der Waals surface area (Å²) in [4.78, 5) is 25.3. The second kappa shape index (κ2) is 32.7. The lowest BCUT2D eigenvalue weighted by molar-refractivity contribution is -0.297. The van der Waals surface area contributed by atoms with E-state index in [-0.39, 0.29) is 19.4 Å². The zero-order valence-electron chi connectivity index (χ0n) is 33.8. The van der Waals surface area contributed by atoms with Crippen molar-refractivity contribution in [1.82, 2.24) is 0 Å². The second-order valence-electron chi connectivity index (χ2n) is 15.4. The highest BCUT2D eigenvalue weighted by atomic mass is 32.2. The molecular weight excluding hydrogens is 717 g/mol. The van der Waals surface area contributed by atoms with Crippen LogP contribution in [0.5, 0.6) is 0 Å². The molecule has 54 heavy (non-hydrogen) atoms. The van der Waals surface area contributed by atoms with E-state index in [0.29, 0.717) is 12.8 Å². The van der Waals surface area contributed by atoms with Crippen molar-refractivity contribution < 1.29 is 56.8 Å². The number of rotatable bonds is 36. The van der Waals surface area contributed by atoms with E-state index in [2.05, 4.69) is 13.8 Å². The molecule has 0 amide bonds. The Kier molecular flexibility index (Phi) is 30.7. The normalized spacial score (nSPS) is 20.9. The van der Waals surface area contributed by atoms with Crippen molar-refractivity contribution in [2.24, 2.45) is 0 Å². The van der Waals surface area contributed by atoms with Crippen LogP contribution in [0.2, 0.25) is 0 Å². The first-order chi connectivity index (χ1) is 26.0. The lowest BCUT2D eigenvalue weighted by atomic mass is 10.00. The van der Waals surface area contributed by atoms with Crippen LogP contribution in [-0.2, 0) is 38.7 Å². The molecule has 1 fully saturated rings. The molecule has 0 aliphatic carbocycles. The Morgan fingerprint density at radius 2 is 0.944 bits per heavy atom. The van der Waals surface area contributed by atoms with E-state index in [4.69, 9.17) is 18.9 Å². The van der Waals surface area contributed by atoms with Crippen LogP contribution >= 0.6 is 0 Å². The van der Waals surface area contributed by atoms with Gasteiger partial charge in [0.25, 0.3) is 10.1 Å². The molecule has 4 N–H and O–H groups in total. The summed E-state index contributed by atoms with van der Waals surface area (Å²) in [6, 6.07) is 0. The SMILES string of the molecule is CCCCCCCCCCCCCCCCCC(=O)OC[C@H](CO[C@H]1O[C@H](CS(=O)(=O)O)[C@@H](O)[C@H](O)[C@H]1O)OC(=O)CCCCCCCCCCCCC. The molecule has 0 spiro atoms. The molecule has 0 saturated carbocycles. The van der Waals surface area contributed by atoms with Crippen molar-refractivity contribution in [3.8, 4) is 0 Å². The monoisotopic (exact) mass is 795 g/mol. The van der Waals surface area contributed by atoms with E-state index >= 15 is 0 Å². The van der Waals surface area contributed by atoms with Crippen LogP contribution in [0.3, 0.4) is 0 Å². The van der Waals surface area contributed by atoms with Crippen LogP contribution in [0.1, 0.15) is 194 Å². The van der Waals surface area contributed by atoms with Crippen molar-refractivity contribution in [2.45, 2.75) is 230 Å². The maximum absolute atomic E-state index is 12.7. The first kappa shape index (κ1) is 50.7. The van der Waals surface area contributed by atoms with Gasteiger partial charge in [-0.05, 0) is 12.8 Å². The van der Waals surface area contributed by atoms with E-state index < -0.39 is 71.2 Å². The minimum Gasteiger partial charge on any atom is -0.462 e. The Labute approximate surface area is 327 Å². The quantitative estimate of drug-likeness (QED) is 0.0272. The third-order valence-corrected chi connectivity index (χ3v) is 10.9. The molecule has 0 bridgehead atoms. The smallest absolute Gasteiger partial charge is 0.306 e. The molecule has 0 aromatic carbocycles. The van der Waals surface area contributed by atoms with E-state index in [0.717, 1.165) is 38.5 Å². The Hall–Kier alpha value is -1.35. The number of ether oxygens (including phenoxy) is 4. The lowest BCUT2D eigenvalue weighted by Gasteiger charge is -2.40. The van der Waals surface area contributed by atoms with Gasteiger partial charge in [0.2, 0.25) is 0 Å². The van der Waals surface area contributed by atoms with Crippen LogP contribution in [0, 0.1) is 0 Å². The van der Waals surface area contributed by atoms with Gasteiger partial charge in [-0.1, -0.05) is 168 Å². The lowest BCUT2D eigenvalue weighted by Crippen LogP contribution is -2.60. The largest absolute Gasteiger partial charge is 0.462 e. The van der Waals surface area contributed by atoms with Crippen LogP contribution in [0.25, 0.3) is 0 Å². The summed E-state index contributed by atoms with van der Waals surface area (Å²) in [5, 5.41) is 30.8. The molecular formula is C41H78O12S. The van der Waals surface area contributed by atoms with Gasteiger partial charge in [-0.15, -0.1) is 0 Å². The molecule has 0 aromatic heterocycles. The topological polar surface area (TPSA) is 186 Å². The van der Waals surface area contributed by atoms with Gasteiger partial charge in [-0.3, -0.25) is 14.1 Å². The fraction of sp³-hybridized carbons (Fsp3) is 0.951. The van der Waals surface area contributed by atoms with Crippen molar-refractivity contribution in [3.63, 3.8) is 0 Å². The number of hydrogen-bond donors (Lipinski definition) is 4. The molecule has 0 radical (unpaired) electrons. The first-order valence-corrected chi connectivity index (χ1v) is 23.2. The number of hydrogen-bond acceptors (Lipinski definition) is 11. The Morgan fingerprint density at radius 1 is 0.556 bits per heavy atom. The van der Waals surface area contributed by atoms with Gasteiger partial charge in [-0.2, -0.15) is 8.42 Å². The predicted octanol–water partition coefficient (Wildman–Crippen LogP) is 8.12. The first-order valence-electron chi connectivity index (χ1n) is 21.6. The van der Waals surface area contributed by atoms with Gasteiger partial charge >= 0.3 is 11.9 Å². The number of aliphatic hydroxyl groups is 3. The third-order valence-electron chi connectivity index (χ3n) is 10.2. The average Bonchev–Trinajstić information content (AvgIpc) is 3.13. The van der Waals surface area contributed by atoms with Crippen LogP contribution in [0.15, 0.2) is 0 Å².